The van der Waals surface area contributed by atoms with Crippen LogP contribution in [0.1, 0.15) is 37.8 Å². The van der Waals surface area contributed by atoms with E-state index in [9.17, 15) is 0 Å². The van der Waals surface area contributed by atoms with Crippen molar-refractivity contribution in [2.45, 2.75) is 39.5 Å². The molecule has 0 aliphatic carbocycles. The summed E-state index contributed by atoms with van der Waals surface area (Å²) < 4.78 is 1.00. The van der Waals surface area contributed by atoms with Crippen LogP contribution in [0.4, 0.5) is 0 Å². The Balaban J connectivity index is 1.80. The molecular formula is C27H26BrN3. The van der Waals surface area contributed by atoms with Crippen LogP contribution in [0, 0.1) is 0 Å². The molecule has 0 fully saturated rings. The van der Waals surface area contributed by atoms with Crippen molar-refractivity contribution in [1.29, 1.82) is 0 Å². The number of aromatic nitrogens is 3. The van der Waals surface area contributed by atoms with Crippen LogP contribution in [-0.4, -0.2) is 15.0 Å². The zero-order valence-corrected chi connectivity index (χ0v) is 19.6. The van der Waals surface area contributed by atoms with Gasteiger partial charge in [-0.2, -0.15) is 0 Å². The highest BCUT2D eigenvalue weighted by atomic mass is 79.9. The second-order valence-corrected chi connectivity index (χ2v) is 8.63. The fraction of sp³-hybridized carbons (Fsp3) is 0.222. The number of halogens is 1. The Morgan fingerprint density at radius 2 is 1.03 bits per heavy atom. The van der Waals surface area contributed by atoms with Gasteiger partial charge in [-0.25, -0.2) is 15.0 Å². The van der Waals surface area contributed by atoms with E-state index in [4.69, 9.17) is 15.0 Å². The lowest BCUT2D eigenvalue weighted by Crippen LogP contribution is -2.00. The Morgan fingerprint density at radius 1 is 0.581 bits per heavy atom. The molecule has 0 atom stereocenters. The van der Waals surface area contributed by atoms with Gasteiger partial charge in [-0.15, -0.1) is 0 Å². The van der Waals surface area contributed by atoms with Crippen LogP contribution >= 0.6 is 15.9 Å². The van der Waals surface area contributed by atoms with E-state index in [-0.39, 0.29) is 0 Å². The van der Waals surface area contributed by atoms with E-state index in [0.717, 1.165) is 46.8 Å². The molecule has 0 aliphatic heterocycles. The van der Waals surface area contributed by atoms with Crippen molar-refractivity contribution in [2.75, 3.05) is 0 Å². The average Bonchev–Trinajstić information content (AvgIpc) is 2.80. The predicted molar refractivity (Wildman–Crippen MR) is 132 cm³/mol. The van der Waals surface area contributed by atoms with E-state index < -0.39 is 0 Å². The van der Waals surface area contributed by atoms with Crippen LogP contribution < -0.4 is 0 Å². The lowest BCUT2D eigenvalue weighted by Gasteiger charge is -2.09. The second kappa shape index (κ2) is 9.97. The molecule has 31 heavy (non-hydrogen) atoms. The van der Waals surface area contributed by atoms with Crippen molar-refractivity contribution in [3.63, 3.8) is 0 Å². The lowest BCUT2D eigenvalue weighted by atomic mass is 10.1. The van der Waals surface area contributed by atoms with E-state index >= 15 is 0 Å². The summed E-state index contributed by atoms with van der Waals surface area (Å²) in [5.74, 6) is 2.07. The maximum Gasteiger partial charge on any atom is 0.164 e. The minimum atomic E-state index is 0.677. The van der Waals surface area contributed by atoms with Crippen molar-refractivity contribution < 1.29 is 0 Å². The van der Waals surface area contributed by atoms with E-state index in [1.54, 1.807) is 0 Å². The van der Waals surface area contributed by atoms with Crippen LogP contribution in [0.2, 0.25) is 0 Å². The quantitative estimate of drug-likeness (QED) is 0.279. The van der Waals surface area contributed by atoms with Crippen molar-refractivity contribution in [1.82, 2.24) is 15.0 Å². The smallest absolute Gasteiger partial charge is 0.164 e. The fourth-order valence-electron chi connectivity index (χ4n) is 3.61. The molecule has 0 saturated carbocycles. The summed E-state index contributed by atoms with van der Waals surface area (Å²) in [7, 11) is 0. The molecule has 0 spiro atoms. The summed E-state index contributed by atoms with van der Waals surface area (Å²) in [6.07, 6.45) is 4.43. The summed E-state index contributed by atoms with van der Waals surface area (Å²) in [6.45, 7) is 4.39. The van der Waals surface area contributed by atoms with E-state index in [1.807, 2.05) is 24.3 Å². The predicted octanol–water partition coefficient (Wildman–Crippen LogP) is 7.54. The Kier molecular flexibility index (Phi) is 6.88. The molecular weight excluding hydrogens is 446 g/mol. The Bertz CT molecular complexity index is 1080. The molecule has 1 heterocycles. The highest BCUT2D eigenvalue weighted by Gasteiger charge is 2.12. The summed E-state index contributed by atoms with van der Waals surface area (Å²) in [5.41, 5.74) is 5.63. The molecule has 3 nitrogen and oxygen atoms in total. The van der Waals surface area contributed by atoms with Gasteiger partial charge in [-0.05, 0) is 36.1 Å². The molecule has 0 saturated heterocycles. The van der Waals surface area contributed by atoms with Crippen molar-refractivity contribution in [2.24, 2.45) is 0 Å². The van der Waals surface area contributed by atoms with Gasteiger partial charge in [-0.3, -0.25) is 0 Å². The normalized spacial score (nSPS) is 10.9. The molecule has 0 unspecified atom stereocenters. The molecule has 4 aromatic rings. The third-order valence-electron chi connectivity index (χ3n) is 5.22. The summed E-state index contributed by atoms with van der Waals surface area (Å²) in [6, 6.07) is 25.2. The molecule has 0 radical (unpaired) electrons. The third-order valence-corrected chi connectivity index (χ3v) is 5.71. The Hall–Kier alpha value is -2.85. The topological polar surface area (TPSA) is 38.7 Å². The van der Waals surface area contributed by atoms with Crippen molar-refractivity contribution >= 4 is 15.9 Å². The molecule has 0 N–H and O–H groups in total. The lowest BCUT2D eigenvalue weighted by molar-refractivity contribution is 0.921. The molecule has 1 aromatic heterocycles. The summed E-state index contributed by atoms with van der Waals surface area (Å²) in [4.78, 5) is 14.5. The Morgan fingerprint density at radius 3 is 1.45 bits per heavy atom. The third kappa shape index (κ3) is 5.26. The van der Waals surface area contributed by atoms with Gasteiger partial charge in [0.25, 0.3) is 0 Å². The maximum absolute atomic E-state index is 4.84. The summed E-state index contributed by atoms with van der Waals surface area (Å²) in [5, 5.41) is 0. The van der Waals surface area contributed by atoms with Gasteiger partial charge in [-0.1, -0.05) is 103 Å². The molecule has 4 heteroatoms. The van der Waals surface area contributed by atoms with Crippen LogP contribution in [0.5, 0.6) is 0 Å². The van der Waals surface area contributed by atoms with Gasteiger partial charge in [0.15, 0.2) is 17.5 Å². The zero-order chi connectivity index (χ0) is 21.6. The minimum absolute atomic E-state index is 0.677. The van der Waals surface area contributed by atoms with Gasteiger partial charge < -0.3 is 0 Å². The van der Waals surface area contributed by atoms with Gasteiger partial charge in [0.2, 0.25) is 0 Å². The maximum atomic E-state index is 4.84. The average molecular weight is 472 g/mol. The fourth-order valence-corrected chi connectivity index (χ4v) is 4.01. The van der Waals surface area contributed by atoms with Gasteiger partial charge >= 0.3 is 0 Å². The van der Waals surface area contributed by atoms with Gasteiger partial charge in [0.05, 0.1) is 0 Å². The molecule has 3 aromatic carbocycles. The molecule has 0 amide bonds. The van der Waals surface area contributed by atoms with Crippen molar-refractivity contribution in [3.8, 4) is 34.2 Å². The SMILES string of the molecule is CCCc1ccc(-c2nc(-c3ccc(CCC)cc3)nc(-c3cccc(Br)c3)n2)cc1. The number of benzene rings is 3. The molecule has 0 bridgehead atoms. The number of aryl methyl sites for hydroxylation is 2. The standard InChI is InChI=1S/C27H26BrN3/c1-3-6-19-10-14-21(15-11-19)25-29-26(22-16-12-20(7-4-2)13-17-22)31-27(30-25)23-8-5-9-24(28)18-23/h5,8-18H,3-4,6-7H2,1-2H3. The number of rotatable bonds is 7. The van der Waals surface area contributed by atoms with Crippen LogP contribution in [-0.2, 0) is 12.8 Å². The van der Waals surface area contributed by atoms with E-state index in [2.05, 4.69) is 78.3 Å². The first-order chi connectivity index (χ1) is 15.2. The van der Waals surface area contributed by atoms with Crippen LogP contribution in [0.25, 0.3) is 34.2 Å². The van der Waals surface area contributed by atoms with E-state index in [0.29, 0.717) is 17.5 Å². The van der Waals surface area contributed by atoms with Crippen LogP contribution in [0.15, 0.2) is 77.3 Å². The van der Waals surface area contributed by atoms with E-state index in [1.165, 1.54) is 11.1 Å². The second-order valence-electron chi connectivity index (χ2n) is 7.71. The van der Waals surface area contributed by atoms with Crippen LogP contribution in [0.3, 0.4) is 0 Å². The van der Waals surface area contributed by atoms with Crippen molar-refractivity contribution in [3.05, 3.63) is 88.4 Å². The van der Waals surface area contributed by atoms with Gasteiger partial charge in [0, 0.05) is 21.2 Å². The number of hydrogen-bond acceptors (Lipinski definition) is 3. The highest BCUT2D eigenvalue weighted by Crippen LogP contribution is 2.26. The monoisotopic (exact) mass is 471 g/mol. The Labute approximate surface area is 192 Å². The molecule has 156 valence electrons. The first kappa shape index (κ1) is 21.4. The number of nitrogens with zero attached hydrogens (tertiary/aromatic N) is 3. The largest absolute Gasteiger partial charge is 0.208 e. The molecule has 4 rings (SSSR count). The number of hydrogen-bond donors (Lipinski definition) is 0. The molecule has 0 aliphatic rings. The summed E-state index contributed by atoms with van der Waals surface area (Å²) >= 11 is 3.56. The van der Waals surface area contributed by atoms with Gasteiger partial charge in [0.1, 0.15) is 0 Å². The highest BCUT2D eigenvalue weighted by molar-refractivity contribution is 9.10. The zero-order valence-electron chi connectivity index (χ0n) is 18.0. The first-order valence-corrected chi connectivity index (χ1v) is 11.7. The first-order valence-electron chi connectivity index (χ1n) is 10.9. The minimum Gasteiger partial charge on any atom is -0.208 e.